The molecule has 31 heteroatoms. The lowest BCUT2D eigenvalue weighted by molar-refractivity contribution is -0.192. The molecule has 0 aliphatic carbocycles. The summed E-state index contributed by atoms with van der Waals surface area (Å²) < 4.78 is 108. The summed E-state index contributed by atoms with van der Waals surface area (Å²) in [5.41, 5.74) is 2.61. The fourth-order valence-corrected chi connectivity index (χ4v) is 10.1. The molecule has 0 saturated carbocycles. The molecule has 5 rings (SSSR count). The number of para-hydroxylation sites is 1. The van der Waals surface area contributed by atoms with Gasteiger partial charge in [0, 0.05) is 122 Å². The van der Waals surface area contributed by atoms with Gasteiger partial charge in [0.25, 0.3) is 5.91 Å². The minimum absolute atomic E-state index is 0.0149. The molecule has 522 valence electrons. The van der Waals surface area contributed by atoms with E-state index in [2.05, 4.69) is 39.0 Å². The van der Waals surface area contributed by atoms with Crippen LogP contribution in [-0.2, 0) is 55.6 Å². The number of carbonyl (C=O) groups excluding carboxylic acids is 2. The van der Waals surface area contributed by atoms with Crippen LogP contribution in [0.4, 0.5) is 32.0 Å². The number of anilines is 1. The Morgan fingerprint density at radius 3 is 1.59 bits per heavy atom. The second kappa shape index (κ2) is 42.4. The third kappa shape index (κ3) is 30.3. The van der Waals surface area contributed by atoms with Crippen LogP contribution in [0.25, 0.3) is 11.1 Å². The molecular formula is C62H91F6N9O16. The number of nitrogens with one attached hydrogen (secondary N) is 3. The molecule has 0 bridgehead atoms. The molecule has 0 aromatic heterocycles. The van der Waals surface area contributed by atoms with Crippen molar-refractivity contribution in [3.8, 4) is 22.6 Å². The van der Waals surface area contributed by atoms with Gasteiger partial charge in [0.1, 0.15) is 11.5 Å². The van der Waals surface area contributed by atoms with Crippen LogP contribution in [-0.4, -0.2) is 283 Å². The third-order valence-electron chi connectivity index (χ3n) is 14.7. The Bertz CT molecular complexity index is 2720. The van der Waals surface area contributed by atoms with E-state index in [0.717, 1.165) is 53.7 Å². The van der Waals surface area contributed by atoms with E-state index in [4.69, 9.17) is 38.3 Å². The Morgan fingerprint density at radius 2 is 1.08 bits per heavy atom. The Morgan fingerprint density at radius 1 is 0.559 bits per heavy atom. The van der Waals surface area contributed by atoms with Crippen molar-refractivity contribution >= 4 is 41.4 Å². The number of amides is 2. The number of benzene rings is 3. The SMILES string of the molecule is CCOc1ccc(C(=O)N2CCN(c3ccc(-c4ccccc4OCC)cc3CNCCNCCCOCCOCCOCCOCCNC(=O)CN3CCN(CC(=O)O)CCN(CC(=O)O)CCN(CC(=O)O)CC3)[C@H](CC)C2)c(C(F)(F)F)c1.O=C(O)C(F)(F)F. The van der Waals surface area contributed by atoms with Crippen molar-refractivity contribution in [2.75, 3.05) is 195 Å². The first-order chi connectivity index (χ1) is 44.4. The highest BCUT2D eigenvalue weighted by atomic mass is 19.4. The second-order valence-corrected chi connectivity index (χ2v) is 21.6. The zero-order valence-electron chi connectivity index (χ0n) is 53.1. The summed E-state index contributed by atoms with van der Waals surface area (Å²) >= 11 is 0. The lowest BCUT2D eigenvalue weighted by Crippen LogP contribution is -2.55. The quantitative estimate of drug-likeness (QED) is 0.0313. The number of halogens is 6. The van der Waals surface area contributed by atoms with E-state index in [1.54, 1.807) is 21.6 Å². The molecule has 0 radical (unpaired) electrons. The highest BCUT2D eigenvalue weighted by molar-refractivity contribution is 5.96. The number of aliphatic carboxylic acids is 4. The van der Waals surface area contributed by atoms with E-state index in [1.165, 1.54) is 17.0 Å². The topological polar surface area (TPSA) is 294 Å². The van der Waals surface area contributed by atoms with E-state index < -0.39 is 47.7 Å². The predicted octanol–water partition coefficient (Wildman–Crippen LogP) is 4.27. The van der Waals surface area contributed by atoms with Crippen molar-refractivity contribution in [3.05, 3.63) is 77.4 Å². The second-order valence-electron chi connectivity index (χ2n) is 21.6. The van der Waals surface area contributed by atoms with Gasteiger partial charge in [-0.25, -0.2) is 4.79 Å². The minimum Gasteiger partial charge on any atom is -0.494 e. The maximum absolute atomic E-state index is 14.2. The standard InChI is InChI=1S/C60H90F3N9O14.C2HF3O2/c1-4-48-41-71(59(80)51-14-13-49(85-5-2)39-52(51)60(61,62)63)28-29-72(48)53-15-12-46(50-10-7-8-11-54(50)86-6-3)38-47(53)40-65-18-17-64-16-9-30-81-32-34-83-36-37-84-35-33-82-31-19-66-55(73)42-67-20-22-68(43-56(74)75)24-26-70(45-58(78)79)27-25-69(23-21-67)44-57(76)77;3-2(4,5)1(6)7/h7-8,10-15,38-39,48,64-65H,4-6,9,16-37,40-45H2,1-3H3,(H,66,73)(H,74,75)(H,76,77)(H,78,79);(H,6,7)/t48-;/m1./s1. The molecule has 1 atom stereocenters. The molecule has 2 aliphatic rings. The van der Waals surface area contributed by atoms with Crippen molar-refractivity contribution in [2.24, 2.45) is 0 Å². The maximum Gasteiger partial charge on any atom is 0.490 e. The number of piperazine rings is 1. The van der Waals surface area contributed by atoms with E-state index >= 15 is 0 Å². The molecular weight excluding hydrogens is 1240 g/mol. The monoisotopic (exact) mass is 1330 g/mol. The van der Waals surface area contributed by atoms with Crippen molar-refractivity contribution in [1.82, 2.24) is 40.4 Å². The molecule has 0 unspecified atom stereocenters. The van der Waals surface area contributed by atoms with E-state index in [1.807, 2.05) is 43.0 Å². The normalized spacial score (nSPS) is 15.9. The van der Waals surface area contributed by atoms with Gasteiger partial charge in [-0.1, -0.05) is 31.2 Å². The van der Waals surface area contributed by atoms with Gasteiger partial charge in [0.05, 0.1) is 96.8 Å². The zero-order chi connectivity index (χ0) is 68.2. The van der Waals surface area contributed by atoms with Crippen molar-refractivity contribution in [3.63, 3.8) is 0 Å². The first-order valence-electron chi connectivity index (χ1n) is 31.0. The smallest absolute Gasteiger partial charge is 0.490 e. The number of hydrogen-bond acceptors (Lipinski definition) is 19. The lowest BCUT2D eigenvalue weighted by Gasteiger charge is -2.43. The highest BCUT2D eigenvalue weighted by Crippen LogP contribution is 2.37. The van der Waals surface area contributed by atoms with Gasteiger partial charge < -0.3 is 74.6 Å². The molecule has 3 aromatic rings. The van der Waals surface area contributed by atoms with E-state index in [-0.39, 0.29) is 95.4 Å². The number of carboxylic acids is 4. The molecule has 0 spiro atoms. The molecule has 25 nitrogen and oxygen atoms in total. The summed E-state index contributed by atoms with van der Waals surface area (Å²) in [6.45, 7) is 15.2. The van der Waals surface area contributed by atoms with Crippen LogP contribution in [0.15, 0.2) is 60.7 Å². The van der Waals surface area contributed by atoms with Gasteiger partial charge in [-0.05, 0) is 80.8 Å². The van der Waals surface area contributed by atoms with Gasteiger partial charge >= 0.3 is 36.2 Å². The third-order valence-corrected chi connectivity index (χ3v) is 14.7. The van der Waals surface area contributed by atoms with Crippen LogP contribution >= 0.6 is 0 Å². The first-order valence-corrected chi connectivity index (χ1v) is 31.0. The Hall–Kier alpha value is -6.94. The molecule has 93 heavy (non-hydrogen) atoms. The Labute approximate surface area is 538 Å². The first kappa shape index (κ1) is 78.5. The van der Waals surface area contributed by atoms with Crippen LogP contribution in [0, 0.1) is 0 Å². The number of rotatable bonds is 37. The van der Waals surface area contributed by atoms with Crippen molar-refractivity contribution < 1.29 is 104 Å². The summed E-state index contributed by atoms with van der Waals surface area (Å²) in [7, 11) is 0. The fraction of sp³-hybridized carbons (Fsp3) is 0.613. The number of carboxylic acid groups (broad SMARTS) is 4. The summed E-state index contributed by atoms with van der Waals surface area (Å²) in [6, 6.07) is 17.6. The van der Waals surface area contributed by atoms with Crippen LogP contribution in [0.2, 0.25) is 0 Å². The largest absolute Gasteiger partial charge is 0.494 e. The van der Waals surface area contributed by atoms with Crippen molar-refractivity contribution in [2.45, 2.75) is 58.6 Å². The highest BCUT2D eigenvalue weighted by Gasteiger charge is 2.40. The fourth-order valence-electron chi connectivity index (χ4n) is 10.1. The van der Waals surface area contributed by atoms with Gasteiger partial charge in [0.2, 0.25) is 5.91 Å². The lowest BCUT2D eigenvalue weighted by atomic mass is 9.98. The molecule has 2 saturated heterocycles. The number of ether oxygens (including phenoxy) is 6. The average molecular weight is 1330 g/mol. The van der Waals surface area contributed by atoms with Crippen LogP contribution in [0.3, 0.4) is 0 Å². The molecule has 2 heterocycles. The number of alkyl halides is 6. The number of nitrogens with zero attached hydrogens (tertiary/aromatic N) is 6. The average Bonchev–Trinajstić information content (AvgIpc) is 0.799. The number of hydrogen-bond donors (Lipinski definition) is 7. The van der Waals surface area contributed by atoms with Crippen LogP contribution in [0.5, 0.6) is 11.5 Å². The van der Waals surface area contributed by atoms with Gasteiger partial charge in [0.15, 0.2) is 0 Å². The van der Waals surface area contributed by atoms with Gasteiger partial charge in [-0.3, -0.25) is 43.6 Å². The van der Waals surface area contributed by atoms with E-state index in [9.17, 15) is 65.6 Å². The molecule has 2 fully saturated rings. The zero-order valence-corrected chi connectivity index (χ0v) is 53.1. The predicted molar refractivity (Wildman–Crippen MR) is 331 cm³/mol. The summed E-state index contributed by atoms with van der Waals surface area (Å²) in [5.74, 6) is -5.90. The Balaban J connectivity index is 0.00000248. The molecule has 2 aliphatic heterocycles. The Kier molecular flexibility index (Phi) is 35.8. The maximum atomic E-state index is 14.2. The molecule has 2 amide bonds. The van der Waals surface area contributed by atoms with Gasteiger partial charge in [-0.2, -0.15) is 26.3 Å². The van der Waals surface area contributed by atoms with E-state index in [0.29, 0.717) is 118 Å². The van der Waals surface area contributed by atoms with Crippen LogP contribution < -0.4 is 30.3 Å². The van der Waals surface area contributed by atoms with Gasteiger partial charge in [-0.15, -0.1) is 0 Å². The minimum atomic E-state index is -5.08. The summed E-state index contributed by atoms with van der Waals surface area (Å²) in [5, 5.41) is 45.3. The molecule has 3 aromatic carbocycles. The molecule has 7 N–H and O–H groups in total. The summed E-state index contributed by atoms with van der Waals surface area (Å²) in [4.78, 5) is 80.9. The summed E-state index contributed by atoms with van der Waals surface area (Å²) in [6.07, 6.45) is -8.34. The number of carbonyl (C=O) groups is 6. The van der Waals surface area contributed by atoms with Crippen LogP contribution in [0.1, 0.15) is 55.1 Å². The van der Waals surface area contributed by atoms with Crippen molar-refractivity contribution in [1.29, 1.82) is 0 Å².